The van der Waals surface area contributed by atoms with Crippen LogP contribution >= 0.6 is 24.0 Å². The summed E-state index contributed by atoms with van der Waals surface area (Å²) in [4.78, 5) is 8.85. The monoisotopic (exact) mass is 461 g/mol. The van der Waals surface area contributed by atoms with Gasteiger partial charge in [0, 0.05) is 32.0 Å². The highest BCUT2D eigenvalue weighted by Crippen LogP contribution is 2.29. The lowest BCUT2D eigenvalue weighted by Gasteiger charge is -2.32. The molecule has 0 bridgehead atoms. The minimum atomic E-state index is 0. The van der Waals surface area contributed by atoms with Crippen molar-refractivity contribution in [3.63, 3.8) is 0 Å². The summed E-state index contributed by atoms with van der Waals surface area (Å²) in [5.74, 6) is 4.27. The Morgan fingerprint density at radius 2 is 1.92 bits per heavy atom. The highest BCUT2D eigenvalue weighted by atomic mass is 127. The summed E-state index contributed by atoms with van der Waals surface area (Å²) >= 11 is 0. The van der Waals surface area contributed by atoms with Gasteiger partial charge < -0.3 is 15.2 Å². The summed E-state index contributed by atoms with van der Waals surface area (Å²) in [6.45, 7) is 10.9. The molecular weight excluding hydrogens is 425 g/mol. The number of halogens is 1. The lowest BCUT2D eigenvalue weighted by molar-refractivity contribution is 0.250. The molecule has 1 aromatic heterocycles. The second-order valence-corrected chi connectivity index (χ2v) is 7.82. The number of rotatable bonds is 6. The molecule has 144 valence electrons. The van der Waals surface area contributed by atoms with Gasteiger partial charge in [-0.05, 0) is 43.4 Å². The molecule has 0 radical (unpaired) electrons. The largest absolute Gasteiger partial charge is 0.354 e. The van der Waals surface area contributed by atoms with E-state index in [-0.39, 0.29) is 24.0 Å². The van der Waals surface area contributed by atoms with Gasteiger partial charge in [-0.3, -0.25) is 4.99 Å². The van der Waals surface area contributed by atoms with Crippen LogP contribution in [0.5, 0.6) is 0 Å². The molecule has 1 aliphatic carbocycles. The van der Waals surface area contributed by atoms with Crippen molar-refractivity contribution in [3.8, 4) is 0 Å². The van der Waals surface area contributed by atoms with E-state index in [1.807, 2.05) is 13.2 Å². The van der Waals surface area contributed by atoms with Crippen molar-refractivity contribution in [2.75, 3.05) is 7.05 Å². The third-order valence-electron chi connectivity index (χ3n) is 5.06. The van der Waals surface area contributed by atoms with Crippen LogP contribution in [0.25, 0.3) is 0 Å². The molecule has 1 aliphatic rings. The molecule has 0 atom stereocenters. The van der Waals surface area contributed by atoms with E-state index in [0.29, 0.717) is 18.5 Å². The van der Waals surface area contributed by atoms with Gasteiger partial charge in [-0.1, -0.05) is 27.7 Å². The van der Waals surface area contributed by atoms with Crippen LogP contribution in [-0.2, 0) is 13.1 Å². The van der Waals surface area contributed by atoms with Crippen LogP contribution in [0.15, 0.2) is 17.4 Å². The molecule has 6 heteroatoms. The smallest absolute Gasteiger partial charge is 0.191 e. The Morgan fingerprint density at radius 3 is 2.48 bits per heavy atom. The van der Waals surface area contributed by atoms with Gasteiger partial charge in [0.1, 0.15) is 5.82 Å². The molecular formula is C19H36IN5. The maximum atomic E-state index is 4.47. The number of aromatic nitrogens is 2. The normalized spacial score (nSPS) is 21.3. The topological polar surface area (TPSA) is 54.2 Å². The zero-order chi connectivity index (χ0) is 17.5. The van der Waals surface area contributed by atoms with Crippen molar-refractivity contribution in [1.29, 1.82) is 0 Å². The van der Waals surface area contributed by atoms with Crippen molar-refractivity contribution >= 4 is 29.9 Å². The molecule has 0 aliphatic heterocycles. The van der Waals surface area contributed by atoms with E-state index < -0.39 is 0 Å². The van der Waals surface area contributed by atoms with Gasteiger partial charge in [-0.15, -0.1) is 24.0 Å². The van der Waals surface area contributed by atoms with Gasteiger partial charge in [0.25, 0.3) is 0 Å². The molecule has 0 unspecified atom stereocenters. The minimum Gasteiger partial charge on any atom is -0.354 e. The van der Waals surface area contributed by atoms with E-state index >= 15 is 0 Å². The summed E-state index contributed by atoms with van der Waals surface area (Å²) in [5, 5.41) is 7.01. The van der Waals surface area contributed by atoms with Gasteiger partial charge in [-0.2, -0.15) is 0 Å². The van der Waals surface area contributed by atoms with E-state index in [2.05, 4.69) is 59.1 Å². The number of hydrogen-bond donors (Lipinski definition) is 2. The highest BCUT2D eigenvalue weighted by Gasteiger charge is 2.23. The first-order valence-corrected chi connectivity index (χ1v) is 9.46. The van der Waals surface area contributed by atoms with Crippen molar-refractivity contribution in [2.45, 2.75) is 72.5 Å². The van der Waals surface area contributed by atoms with Gasteiger partial charge in [0.05, 0.1) is 6.54 Å². The number of guanidine groups is 1. The zero-order valence-electron chi connectivity index (χ0n) is 16.5. The van der Waals surface area contributed by atoms with Crippen LogP contribution in [0.2, 0.25) is 0 Å². The van der Waals surface area contributed by atoms with E-state index in [1.165, 1.54) is 25.7 Å². The molecule has 2 rings (SSSR count). The predicted molar refractivity (Wildman–Crippen MR) is 116 cm³/mol. The maximum Gasteiger partial charge on any atom is 0.191 e. The molecule has 0 spiro atoms. The Kier molecular flexibility index (Phi) is 9.82. The Bertz CT molecular complexity index is 516. The van der Waals surface area contributed by atoms with Gasteiger partial charge in [0.15, 0.2) is 5.96 Å². The van der Waals surface area contributed by atoms with Gasteiger partial charge in [-0.25, -0.2) is 4.98 Å². The second-order valence-electron chi connectivity index (χ2n) is 7.82. The van der Waals surface area contributed by atoms with Gasteiger partial charge in [0.2, 0.25) is 0 Å². The van der Waals surface area contributed by atoms with Crippen molar-refractivity contribution in [3.05, 3.63) is 18.2 Å². The lowest BCUT2D eigenvalue weighted by Crippen LogP contribution is -2.45. The van der Waals surface area contributed by atoms with Crippen LogP contribution < -0.4 is 10.6 Å². The van der Waals surface area contributed by atoms with E-state index in [9.17, 15) is 0 Å². The third kappa shape index (κ3) is 7.15. The van der Waals surface area contributed by atoms with Crippen LogP contribution in [0, 0.1) is 17.8 Å². The molecule has 1 aromatic rings. The average molecular weight is 461 g/mol. The van der Waals surface area contributed by atoms with Crippen LogP contribution in [0.3, 0.4) is 0 Å². The van der Waals surface area contributed by atoms with Crippen molar-refractivity contribution in [1.82, 2.24) is 20.2 Å². The first kappa shape index (κ1) is 22.3. The molecule has 1 fully saturated rings. The minimum absolute atomic E-state index is 0. The fourth-order valence-corrected chi connectivity index (χ4v) is 3.55. The standard InChI is InChI=1S/C19H35N5.HI/c1-14(2)13-24-11-10-21-18(24)12-22-19(20-5)23-17-8-6-16(7-9-17)15(3)4;/h10-11,14-17H,6-9,12-13H2,1-5H3,(H2,20,22,23);1H. The second kappa shape index (κ2) is 11.0. The van der Waals surface area contributed by atoms with Crippen LogP contribution in [0.1, 0.15) is 59.2 Å². The Labute approximate surface area is 170 Å². The predicted octanol–water partition coefficient (Wildman–Crippen LogP) is 4.04. The first-order chi connectivity index (χ1) is 11.5. The number of hydrogen-bond acceptors (Lipinski definition) is 2. The zero-order valence-corrected chi connectivity index (χ0v) is 18.8. The fourth-order valence-electron chi connectivity index (χ4n) is 3.55. The van der Waals surface area contributed by atoms with Gasteiger partial charge >= 0.3 is 0 Å². The van der Waals surface area contributed by atoms with Crippen molar-refractivity contribution in [2.24, 2.45) is 22.7 Å². The first-order valence-electron chi connectivity index (χ1n) is 9.46. The number of nitrogens with zero attached hydrogens (tertiary/aromatic N) is 3. The molecule has 0 aromatic carbocycles. The quantitative estimate of drug-likeness (QED) is 0.382. The molecule has 25 heavy (non-hydrogen) atoms. The van der Waals surface area contributed by atoms with Crippen LogP contribution in [-0.4, -0.2) is 28.6 Å². The Balaban J connectivity index is 0.00000312. The number of aliphatic imine (C=N–C) groups is 1. The Hall–Kier alpha value is -0.790. The highest BCUT2D eigenvalue weighted by molar-refractivity contribution is 14.0. The van der Waals surface area contributed by atoms with E-state index in [0.717, 1.165) is 30.2 Å². The summed E-state index contributed by atoms with van der Waals surface area (Å²) in [7, 11) is 1.84. The van der Waals surface area contributed by atoms with Crippen molar-refractivity contribution < 1.29 is 0 Å². The fraction of sp³-hybridized carbons (Fsp3) is 0.789. The Morgan fingerprint density at radius 1 is 1.24 bits per heavy atom. The molecule has 0 amide bonds. The average Bonchev–Trinajstić information content (AvgIpc) is 2.98. The summed E-state index contributed by atoms with van der Waals surface area (Å²) in [5.41, 5.74) is 0. The molecule has 1 saturated carbocycles. The van der Waals surface area contributed by atoms with E-state index in [1.54, 1.807) is 0 Å². The maximum absolute atomic E-state index is 4.47. The third-order valence-corrected chi connectivity index (χ3v) is 5.06. The summed E-state index contributed by atoms with van der Waals surface area (Å²) in [6.07, 6.45) is 9.07. The van der Waals surface area contributed by atoms with E-state index in [4.69, 9.17) is 0 Å². The number of imidazole rings is 1. The molecule has 1 heterocycles. The summed E-state index contributed by atoms with van der Waals surface area (Å²) in [6, 6.07) is 0.543. The van der Waals surface area contributed by atoms with Crippen LogP contribution in [0.4, 0.5) is 0 Å². The SMILES string of the molecule is CN=C(NCc1nccn1CC(C)C)NC1CCC(C(C)C)CC1.I. The molecule has 0 saturated heterocycles. The molecule has 2 N–H and O–H groups in total. The summed E-state index contributed by atoms with van der Waals surface area (Å²) < 4.78 is 2.22. The lowest BCUT2D eigenvalue weighted by atomic mass is 9.80. The number of nitrogens with one attached hydrogen (secondary N) is 2. The molecule has 5 nitrogen and oxygen atoms in total.